The van der Waals surface area contributed by atoms with E-state index in [9.17, 15) is 9.59 Å². The molecular weight excluding hydrogens is 440 g/mol. The van der Waals surface area contributed by atoms with Gasteiger partial charge in [0, 0.05) is 45.7 Å². The molecule has 1 aliphatic rings. The average molecular weight is 475 g/mol. The Bertz CT molecular complexity index is 1060. The first kappa shape index (κ1) is 24.7. The number of hydrogen-bond acceptors (Lipinski definition) is 4. The monoisotopic (exact) mass is 474 g/mol. The Labute approximate surface area is 207 Å². The van der Waals surface area contributed by atoms with Gasteiger partial charge < -0.3 is 14.5 Å². The Hall–Kier alpha value is -3.45. The third-order valence-electron chi connectivity index (χ3n) is 6.99. The largest absolute Gasteiger partial charge is 0.367 e. The molecule has 0 spiro atoms. The van der Waals surface area contributed by atoms with Crippen molar-refractivity contribution in [3.05, 3.63) is 90.3 Å². The van der Waals surface area contributed by atoms with Crippen LogP contribution < -0.4 is 0 Å². The highest BCUT2D eigenvalue weighted by Crippen LogP contribution is 2.29. The number of likely N-dealkylation sites (tertiary alicyclic amines) is 1. The van der Waals surface area contributed by atoms with Gasteiger partial charge in [-0.3, -0.25) is 14.3 Å². The highest BCUT2D eigenvalue weighted by molar-refractivity contribution is 5.82. The number of methoxy groups -OCH3 is 1. The summed E-state index contributed by atoms with van der Waals surface area (Å²) in [4.78, 5) is 30.2. The molecule has 3 aromatic rings. The highest BCUT2D eigenvalue weighted by atomic mass is 16.5. The van der Waals surface area contributed by atoms with Gasteiger partial charge in [0.15, 0.2) is 6.10 Å². The third-order valence-corrected chi connectivity index (χ3v) is 6.99. The fraction of sp³-hybridized carbons (Fsp3) is 0.393. The van der Waals surface area contributed by atoms with Gasteiger partial charge in [0.25, 0.3) is 5.91 Å². The normalized spacial score (nSPS) is 16.0. The van der Waals surface area contributed by atoms with E-state index >= 15 is 0 Å². The van der Waals surface area contributed by atoms with Gasteiger partial charge in [0.05, 0.1) is 0 Å². The molecule has 2 heterocycles. The minimum atomic E-state index is -0.591. The van der Waals surface area contributed by atoms with E-state index in [-0.39, 0.29) is 24.4 Å². The third kappa shape index (κ3) is 6.17. The van der Waals surface area contributed by atoms with E-state index < -0.39 is 6.10 Å². The quantitative estimate of drug-likeness (QED) is 0.476. The van der Waals surface area contributed by atoms with E-state index in [4.69, 9.17) is 4.74 Å². The van der Waals surface area contributed by atoms with Gasteiger partial charge in [-0.05, 0) is 42.4 Å². The van der Waals surface area contributed by atoms with Crippen molar-refractivity contribution in [2.75, 3.05) is 27.2 Å². The second-order valence-electron chi connectivity index (χ2n) is 9.15. The Balaban J connectivity index is 1.44. The number of ether oxygens (including phenoxy) is 1. The molecule has 4 rings (SSSR count). The molecule has 0 unspecified atom stereocenters. The summed E-state index contributed by atoms with van der Waals surface area (Å²) in [6.45, 7) is 1.53. The molecule has 2 atom stereocenters. The van der Waals surface area contributed by atoms with Crippen LogP contribution in [0.3, 0.4) is 0 Å². The lowest BCUT2D eigenvalue weighted by atomic mass is 9.84. The number of carbonyl (C=O) groups excluding carboxylic acids is 2. The number of rotatable bonds is 9. The molecule has 0 bridgehead atoms. The predicted molar refractivity (Wildman–Crippen MR) is 134 cm³/mol. The van der Waals surface area contributed by atoms with Crippen LogP contribution in [0.5, 0.6) is 0 Å². The van der Waals surface area contributed by atoms with Crippen LogP contribution in [0.25, 0.3) is 0 Å². The molecule has 7 heteroatoms. The Kier molecular flexibility index (Phi) is 8.32. The van der Waals surface area contributed by atoms with Crippen LogP contribution >= 0.6 is 0 Å². The summed E-state index contributed by atoms with van der Waals surface area (Å²) < 4.78 is 7.23. The Morgan fingerprint density at radius 3 is 2.29 bits per heavy atom. The molecule has 2 amide bonds. The van der Waals surface area contributed by atoms with Crippen molar-refractivity contribution in [1.82, 2.24) is 19.6 Å². The molecular formula is C28H34N4O3. The zero-order valence-corrected chi connectivity index (χ0v) is 20.5. The first-order valence-electron chi connectivity index (χ1n) is 12.2. The van der Waals surface area contributed by atoms with Crippen molar-refractivity contribution in [1.29, 1.82) is 0 Å². The number of aromatic nitrogens is 2. The summed E-state index contributed by atoms with van der Waals surface area (Å²) >= 11 is 0. The van der Waals surface area contributed by atoms with Gasteiger partial charge in [0.1, 0.15) is 6.54 Å². The van der Waals surface area contributed by atoms with Crippen LogP contribution in [0, 0.1) is 5.92 Å². The minimum Gasteiger partial charge on any atom is -0.367 e. The van der Waals surface area contributed by atoms with Gasteiger partial charge in [-0.25, -0.2) is 0 Å². The van der Waals surface area contributed by atoms with Gasteiger partial charge in [-0.15, -0.1) is 0 Å². The molecule has 0 radical (unpaired) electrons. The van der Waals surface area contributed by atoms with Crippen molar-refractivity contribution in [3.63, 3.8) is 0 Å². The van der Waals surface area contributed by atoms with E-state index in [1.807, 2.05) is 71.4 Å². The van der Waals surface area contributed by atoms with Crippen LogP contribution in [0.2, 0.25) is 0 Å². The van der Waals surface area contributed by atoms with Crippen molar-refractivity contribution in [2.24, 2.45) is 5.92 Å². The topological polar surface area (TPSA) is 67.7 Å². The molecule has 0 saturated carbocycles. The zero-order valence-electron chi connectivity index (χ0n) is 20.5. The Morgan fingerprint density at radius 2 is 1.69 bits per heavy atom. The molecule has 0 aliphatic carbocycles. The van der Waals surface area contributed by atoms with Crippen LogP contribution in [0.1, 0.15) is 30.1 Å². The molecule has 2 aromatic carbocycles. The lowest BCUT2D eigenvalue weighted by Gasteiger charge is -2.40. The number of likely N-dealkylation sites (N-methyl/N-ethyl adjacent to an activating group) is 1. The standard InChI is InChI=1S/C28H34N4O3/c1-30(26(33)21-32-17-9-16-29-32)25(20-22-10-5-3-6-11-22)23-14-18-31(19-15-23)28(34)27(35-2)24-12-7-4-8-13-24/h3-13,16-17,23,25,27H,14-15,18-21H2,1-2H3/t25-,27+/m1/s1. The molecule has 1 aromatic heterocycles. The first-order valence-corrected chi connectivity index (χ1v) is 12.2. The van der Waals surface area contributed by atoms with E-state index in [0.717, 1.165) is 24.8 Å². The lowest BCUT2D eigenvalue weighted by molar-refractivity contribution is -0.145. The number of amides is 2. The summed E-state index contributed by atoms with van der Waals surface area (Å²) in [5, 5.41) is 4.19. The molecule has 184 valence electrons. The summed E-state index contributed by atoms with van der Waals surface area (Å²) in [5.41, 5.74) is 2.08. The predicted octanol–water partition coefficient (Wildman–Crippen LogP) is 3.58. The molecule has 7 nitrogen and oxygen atoms in total. The maximum Gasteiger partial charge on any atom is 0.256 e. The summed E-state index contributed by atoms with van der Waals surface area (Å²) in [6, 6.07) is 21.8. The number of carbonyl (C=O) groups is 2. The summed E-state index contributed by atoms with van der Waals surface area (Å²) in [6.07, 6.45) is 5.37. The molecule has 1 fully saturated rings. The van der Waals surface area contributed by atoms with Gasteiger partial charge in [-0.2, -0.15) is 5.10 Å². The molecule has 35 heavy (non-hydrogen) atoms. The van der Waals surface area contributed by atoms with Gasteiger partial charge in [-0.1, -0.05) is 60.7 Å². The maximum atomic E-state index is 13.2. The number of piperidine rings is 1. The van der Waals surface area contributed by atoms with Crippen LogP contribution in [0.4, 0.5) is 0 Å². The van der Waals surface area contributed by atoms with Gasteiger partial charge in [0.2, 0.25) is 5.91 Å². The van der Waals surface area contributed by atoms with Crippen LogP contribution in [0.15, 0.2) is 79.1 Å². The number of nitrogens with zero attached hydrogens (tertiary/aromatic N) is 4. The second kappa shape index (κ2) is 11.8. The first-order chi connectivity index (χ1) is 17.1. The SMILES string of the molecule is CO[C@H](C(=O)N1CCC([C@@H](Cc2ccccc2)N(C)C(=O)Cn2cccn2)CC1)c1ccccc1. The van der Waals surface area contributed by atoms with Crippen molar-refractivity contribution in [3.8, 4) is 0 Å². The fourth-order valence-electron chi connectivity index (χ4n) is 4.98. The molecule has 0 N–H and O–H groups in total. The highest BCUT2D eigenvalue weighted by Gasteiger charge is 2.34. The summed E-state index contributed by atoms with van der Waals surface area (Å²) in [7, 11) is 3.48. The number of benzene rings is 2. The second-order valence-corrected chi connectivity index (χ2v) is 9.15. The van der Waals surface area contributed by atoms with Crippen molar-refractivity contribution in [2.45, 2.75) is 38.0 Å². The maximum absolute atomic E-state index is 13.2. The van der Waals surface area contributed by atoms with E-state index in [0.29, 0.717) is 19.0 Å². The lowest BCUT2D eigenvalue weighted by Crippen LogP contribution is -2.49. The van der Waals surface area contributed by atoms with E-state index in [1.165, 1.54) is 5.56 Å². The molecule has 1 aliphatic heterocycles. The Morgan fingerprint density at radius 1 is 1.03 bits per heavy atom. The van der Waals surface area contributed by atoms with E-state index in [2.05, 4.69) is 17.2 Å². The average Bonchev–Trinajstić information content (AvgIpc) is 3.42. The minimum absolute atomic E-state index is 0.000118. The molecule has 1 saturated heterocycles. The zero-order chi connectivity index (χ0) is 24.6. The van der Waals surface area contributed by atoms with Crippen LogP contribution in [-0.2, 0) is 27.3 Å². The van der Waals surface area contributed by atoms with Crippen LogP contribution in [-0.4, -0.2) is 64.7 Å². The van der Waals surface area contributed by atoms with Crippen molar-refractivity contribution >= 4 is 11.8 Å². The smallest absolute Gasteiger partial charge is 0.256 e. The fourth-order valence-corrected chi connectivity index (χ4v) is 4.98. The number of hydrogen-bond donors (Lipinski definition) is 0. The van der Waals surface area contributed by atoms with E-state index in [1.54, 1.807) is 24.2 Å². The van der Waals surface area contributed by atoms with Crippen molar-refractivity contribution < 1.29 is 14.3 Å². The van der Waals surface area contributed by atoms with Gasteiger partial charge >= 0.3 is 0 Å². The summed E-state index contributed by atoms with van der Waals surface area (Å²) in [5.74, 6) is 0.333.